The molecule has 0 heterocycles. The Hall–Kier alpha value is -1.77. The lowest BCUT2D eigenvalue weighted by atomic mass is 10.1. The maximum atomic E-state index is 11.4. The maximum absolute atomic E-state index is 11.4. The third-order valence-corrected chi connectivity index (χ3v) is 2.92. The van der Waals surface area contributed by atoms with Gasteiger partial charge in [0, 0.05) is 0 Å². The molecule has 0 amide bonds. The van der Waals surface area contributed by atoms with E-state index < -0.39 is 6.10 Å². The second-order valence-corrected chi connectivity index (χ2v) is 4.51. The Morgan fingerprint density at radius 3 is 2.58 bits per heavy atom. The molecule has 0 N–H and O–H groups in total. The molecule has 19 heavy (non-hydrogen) atoms. The summed E-state index contributed by atoms with van der Waals surface area (Å²) in [5.41, 5.74) is 2.42. The van der Waals surface area contributed by atoms with Gasteiger partial charge in [0.05, 0.1) is 13.4 Å². The second-order valence-electron chi connectivity index (χ2n) is 4.51. The van der Waals surface area contributed by atoms with Crippen LogP contribution in [0.1, 0.15) is 32.3 Å². The van der Waals surface area contributed by atoms with Crippen LogP contribution in [0.25, 0.3) is 0 Å². The van der Waals surface area contributed by atoms with Gasteiger partial charge in [-0.05, 0) is 37.3 Å². The van der Waals surface area contributed by atoms with Gasteiger partial charge in [0.25, 0.3) is 0 Å². The lowest BCUT2D eigenvalue weighted by Crippen LogP contribution is -2.22. The van der Waals surface area contributed by atoms with E-state index in [2.05, 4.69) is 16.9 Å². The number of methoxy groups -OCH3 is 1. The summed E-state index contributed by atoms with van der Waals surface area (Å²) in [6.45, 7) is 3.90. The number of allylic oxidation sites excluding steroid dienone is 1. The highest BCUT2D eigenvalue weighted by atomic mass is 16.6. The van der Waals surface area contributed by atoms with E-state index in [1.807, 2.05) is 32.0 Å². The van der Waals surface area contributed by atoms with E-state index in [1.54, 1.807) is 6.26 Å². The molecule has 0 aliphatic carbocycles. The molecule has 1 aromatic carbocycles. The highest BCUT2D eigenvalue weighted by Crippen LogP contribution is 2.10. The van der Waals surface area contributed by atoms with Crippen molar-refractivity contribution in [3.05, 3.63) is 47.7 Å². The van der Waals surface area contributed by atoms with Crippen LogP contribution in [0.3, 0.4) is 0 Å². The maximum Gasteiger partial charge on any atom is 0.346 e. The number of hydrogen-bond acceptors (Lipinski definition) is 3. The van der Waals surface area contributed by atoms with Crippen molar-refractivity contribution in [1.82, 2.24) is 0 Å². The van der Waals surface area contributed by atoms with Gasteiger partial charge in [-0.1, -0.05) is 37.3 Å². The topological polar surface area (TPSA) is 35.5 Å². The number of rotatable bonds is 7. The van der Waals surface area contributed by atoms with Gasteiger partial charge >= 0.3 is 5.97 Å². The molecule has 3 heteroatoms. The Kier molecular flexibility index (Phi) is 6.72. The number of hydrogen-bond donors (Lipinski definition) is 0. The Morgan fingerprint density at radius 1 is 1.32 bits per heavy atom. The molecular formula is C16H22O3. The molecule has 104 valence electrons. The lowest BCUT2D eigenvalue weighted by molar-refractivity contribution is -0.150. The molecule has 0 aromatic heterocycles. The zero-order chi connectivity index (χ0) is 14.1. The van der Waals surface area contributed by atoms with Gasteiger partial charge in [0.2, 0.25) is 0 Å². The highest BCUT2D eigenvalue weighted by molar-refractivity contribution is 5.74. The summed E-state index contributed by atoms with van der Waals surface area (Å²) in [5.74, 6) is -0.324. The molecule has 3 nitrogen and oxygen atoms in total. The van der Waals surface area contributed by atoms with Gasteiger partial charge in [0.15, 0.2) is 6.10 Å². The molecule has 0 spiro atoms. The Morgan fingerprint density at radius 2 is 2.00 bits per heavy atom. The lowest BCUT2D eigenvalue weighted by Gasteiger charge is -2.12. The van der Waals surface area contributed by atoms with Gasteiger partial charge < -0.3 is 9.47 Å². The first kappa shape index (κ1) is 15.3. The summed E-state index contributed by atoms with van der Waals surface area (Å²) < 4.78 is 10.1. The molecule has 0 radical (unpaired) electrons. The molecule has 1 unspecified atom stereocenters. The summed E-state index contributed by atoms with van der Waals surface area (Å²) in [6.07, 6.45) is 3.67. The molecule has 1 aromatic rings. The summed E-state index contributed by atoms with van der Waals surface area (Å²) in [6, 6.07) is 10.3. The van der Waals surface area contributed by atoms with Crippen molar-refractivity contribution in [3.8, 4) is 0 Å². The fourth-order valence-corrected chi connectivity index (χ4v) is 1.69. The van der Waals surface area contributed by atoms with Crippen LogP contribution < -0.4 is 0 Å². The van der Waals surface area contributed by atoms with E-state index in [9.17, 15) is 4.79 Å². The Labute approximate surface area is 115 Å². The molecular weight excluding hydrogens is 240 g/mol. The number of ether oxygens (including phenoxy) is 2. The smallest absolute Gasteiger partial charge is 0.346 e. The molecule has 0 fully saturated rings. The normalized spacial score (nSPS) is 12.9. The van der Waals surface area contributed by atoms with Gasteiger partial charge in [-0.25, -0.2) is 4.79 Å². The zero-order valence-corrected chi connectivity index (χ0v) is 11.9. The number of carbonyl (C=O) groups is 1. The fourth-order valence-electron chi connectivity index (χ4n) is 1.69. The van der Waals surface area contributed by atoms with Crippen LogP contribution in [0.15, 0.2) is 42.2 Å². The van der Waals surface area contributed by atoms with Crippen LogP contribution in [-0.4, -0.2) is 19.2 Å². The van der Waals surface area contributed by atoms with Crippen LogP contribution in [0.4, 0.5) is 0 Å². The molecule has 0 bridgehead atoms. The minimum Gasteiger partial charge on any atom is -0.486 e. The van der Waals surface area contributed by atoms with Crippen LogP contribution in [0, 0.1) is 0 Å². The van der Waals surface area contributed by atoms with Crippen molar-refractivity contribution in [2.24, 2.45) is 0 Å². The Bertz CT molecular complexity index is 409. The second kappa shape index (κ2) is 8.35. The van der Waals surface area contributed by atoms with Gasteiger partial charge in [0.1, 0.15) is 0 Å². The number of aryl methyl sites for hydroxylation is 1. The third-order valence-electron chi connectivity index (χ3n) is 2.92. The first-order chi connectivity index (χ1) is 9.17. The molecule has 1 atom stereocenters. The standard InChI is InChI=1S/C16H22O3/c1-4-15(16(17)18-3)19-12-13(2)10-11-14-8-6-5-7-9-14/h5-9,12,15H,4,10-11H2,1-3H3. The summed E-state index contributed by atoms with van der Waals surface area (Å²) >= 11 is 0. The third kappa shape index (κ3) is 5.60. The zero-order valence-electron chi connectivity index (χ0n) is 11.9. The van der Waals surface area contributed by atoms with Crippen LogP contribution in [0.5, 0.6) is 0 Å². The summed E-state index contributed by atoms with van der Waals surface area (Å²) in [7, 11) is 1.38. The summed E-state index contributed by atoms with van der Waals surface area (Å²) in [4.78, 5) is 11.4. The fraction of sp³-hybridized carbons (Fsp3) is 0.438. The van der Waals surface area contributed by atoms with E-state index in [-0.39, 0.29) is 5.97 Å². The molecule has 0 aliphatic heterocycles. The van der Waals surface area contributed by atoms with Crippen molar-refractivity contribution in [2.75, 3.05) is 7.11 Å². The quantitative estimate of drug-likeness (QED) is 0.557. The molecule has 0 aliphatic rings. The monoisotopic (exact) mass is 262 g/mol. The van der Waals surface area contributed by atoms with Gasteiger partial charge in [-0.3, -0.25) is 0 Å². The molecule has 1 rings (SSSR count). The van der Waals surface area contributed by atoms with E-state index in [4.69, 9.17) is 4.74 Å². The van der Waals surface area contributed by atoms with Crippen LogP contribution >= 0.6 is 0 Å². The minimum absolute atomic E-state index is 0.324. The van der Waals surface area contributed by atoms with Crippen molar-refractivity contribution in [2.45, 2.75) is 39.2 Å². The van der Waals surface area contributed by atoms with Crippen molar-refractivity contribution < 1.29 is 14.3 Å². The van der Waals surface area contributed by atoms with Crippen molar-refractivity contribution in [1.29, 1.82) is 0 Å². The van der Waals surface area contributed by atoms with E-state index in [0.717, 1.165) is 18.4 Å². The minimum atomic E-state index is -0.503. The highest BCUT2D eigenvalue weighted by Gasteiger charge is 2.16. The number of carbonyl (C=O) groups excluding carboxylic acids is 1. The predicted molar refractivity (Wildman–Crippen MR) is 75.7 cm³/mol. The molecule has 0 saturated carbocycles. The van der Waals surface area contributed by atoms with Gasteiger partial charge in [-0.2, -0.15) is 0 Å². The average Bonchev–Trinajstić information content (AvgIpc) is 2.46. The predicted octanol–water partition coefficient (Wildman–Crippen LogP) is 3.49. The van der Waals surface area contributed by atoms with Crippen LogP contribution in [0.2, 0.25) is 0 Å². The van der Waals surface area contributed by atoms with E-state index in [1.165, 1.54) is 12.7 Å². The number of benzene rings is 1. The number of esters is 1. The van der Waals surface area contributed by atoms with E-state index >= 15 is 0 Å². The van der Waals surface area contributed by atoms with Gasteiger partial charge in [-0.15, -0.1) is 0 Å². The van der Waals surface area contributed by atoms with E-state index in [0.29, 0.717) is 6.42 Å². The van der Waals surface area contributed by atoms with Crippen molar-refractivity contribution in [3.63, 3.8) is 0 Å². The first-order valence-electron chi connectivity index (χ1n) is 6.60. The first-order valence-corrected chi connectivity index (χ1v) is 6.60. The summed E-state index contributed by atoms with van der Waals surface area (Å²) in [5, 5.41) is 0. The van der Waals surface area contributed by atoms with Crippen LogP contribution in [-0.2, 0) is 20.7 Å². The molecule has 0 saturated heterocycles. The largest absolute Gasteiger partial charge is 0.486 e. The average molecular weight is 262 g/mol. The van der Waals surface area contributed by atoms with Crippen molar-refractivity contribution >= 4 is 5.97 Å². The SMILES string of the molecule is CCC(OC=C(C)CCc1ccccc1)C(=O)OC. The Balaban J connectivity index is 2.42.